The highest BCUT2D eigenvalue weighted by Crippen LogP contribution is 2.31. The van der Waals surface area contributed by atoms with Crippen LogP contribution in [0.1, 0.15) is 22.5 Å². The van der Waals surface area contributed by atoms with Crippen molar-refractivity contribution in [1.29, 1.82) is 0 Å². The van der Waals surface area contributed by atoms with E-state index in [0.29, 0.717) is 9.88 Å². The molecule has 2 amide bonds. The van der Waals surface area contributed by atoms with Gasteiger partial charge in [0.2, 0.25) is 5.91 Å². The number of carbonyl (C=O) groups is 3. The number of ether oxygens (including phenoxy) is 1. The fraction of sp³-hybridized carbons (Fsp3) is 0.462. The van der Waals surface area contributed by atoms with Crippen LogP contribution in [-0.4, -0.2) is 42.6 Å². The molecule has 1 aliphatic rings. The predicted octanol–water partition coefficient (Wildman–Crippen LogP) is 0.926. The molecule has 0 saturated heterocycles. The number of anilines is 1. The summed E-state index contributed by atoms with van der Waals surface area (Å²) >= 11 is 1.11. The molecule has 1 fully saturated rings. The molecule has 21 heavy (non-hydrogen) atoms. The molecule has 1 aliphatic carbocycles. The minimum atomic E-state index is -1.16. The van der Waals surface area contributed by atoms with Crippen molar-refractivity contribution in [3.8, 4) is 0 Å². The summed E-state index contributed by atoms with van der Waals surface area (Å²) in [5.41, 5.74) is 0. The van der Waals surface area contributed by atoms with Crippen molar-refractivity contribution in [2.75, 3.05) is 19.0 Å². The van der Waals surface area contributed by atoms with Gasteiger partial charge in [0, 0.05) is 13.0 Å². The van der Waals surface area contributed by atoms with Crippen LogP contribution < -0.4 is 10.6 Å². The molecular formula is C13H16N2O5S. The third kappa shape index (κ3) is 4.27. The van der Waals surface area contributed by atoms with E-state index in [2.05, 4.69) is 10.6 Å². The molecule has 8 heteroatoms. The van der Waals surface area contributed by atoms with Gasteiger partial charge in [-0.3, -0.25) is 9.59 Å². The minimum absolute atomic E-state index is 0.0356. The van der Waals surface area contributed by atoms with Crippen LogP contribution in [0.4, 0.5) is 5.00 Å². The van der Waals surface area contributed by atoms with Crippen LogP contribution in [0.3, 0.4) is 0 Å². The average molecular weight is 312 g/mol. The van der Waals surface area contributed by atoms with Crippen molar-refractivity contribution >= 4 is 34.1 Å². The van der Waals surface area contributed by atoms with E-state index >= 15 is 0 Å². The molecule has 0 spiro atoms. The Morgan fingerprint density at radius 1 is 1.43 bits per heavy atom. The highest BCUT2D eigenvalue weighted by atomic mass is 32.1. The maximum atomic E-state index is 11.9. The predicted molar refractivity (Wildman–Crippen MR) is 76.4 cm³/mol. The number of hydrogen-bond acceptors (Lipinski definition) is 5. The van der Waals surface area contributed by atoms with Gasteiger partial charge in [0.25, 0.3) is 5.91 Å². The van der Waals surface area contributed by atoms with Gasteiger partial charge in [-0.25, -0.2) is 4.79 Å². The van der Waals surface area contributed by atoms with Gasteiger partial charge in [-0.05, 0) is 25.0 Å². The Balaban J connectivity index is 1.94. The molecule has 0 aliphatic heterocycles. The maximum Gasteiger partial charge on any atom is 0.328 e. The minimum Gasteiger partial charge on any atom is -0.480 e. The Hall–Kier alpha value is -1.93. The van der Waals surface area contributed by atoms with E-state index in [4.69, 9.17) is 9.84 Å². The van der Waals surface area contributed by atoms with Gasteiger partial charge < -0.3 is 20.5 Å². The second-order valence-corrected chi connectivity index (χ2v) is 5.83. The standard InChI is InChI=1S/C13H16N2O5S/c1-20-6-8(13(18)19)14-12(17)9-4-5-10(21-9)15-11(16)7-2-3-7/h4-5,7-8H,2-3,6H2,1H3,(H,14,17)(H,15,16)(H,18,19). The van der Waals surface area contributed by atoms with Crippen LogP contribution in [0, 0.1) is 5.92 Å². The molecule has 2 rings (SSSR count). The van der Waals surface area contributed by atoms with E-state index in [-0.39, 0.29) is 18.4 Å². The summed E-state index contributed by atoms with van der Waals surface area (Å²) in [5, 5.41) is 14.6. The molecule has 1 aromatic rings. The Bertz CT molecular complexity index is 553. The van der Waals surface area contributed by atoms with E-state index < -0.39 is 17.9 Å². The fourth-order valence-electron chi connectivity index (χ4n) is 1.67. The quantitative estimate of drug-likeness (QED) is 0.694. The fourth-order valence-corrected chi connectivity index (χ4v) is 2.48. The Labute approximate surface area is 125 Å². The summed E-state index contributed by atoms with van der Waals surface area (Å²) in [7, 11) is 1.36. The van der Waals surface area contributed by atoms with Gasteiger partial charge in [-0.1, -0.05) is 0 Å². The lowest BCUT2D eigenvalue weighted by molar-refractivity contribution is -0.140. The van der Waals surface area contributed by atoms with E-state index in [0.717, 1.165) is 24.2 Å². The molecule has 3 N–H and O–H groups in total. The molecule has 0 bridgehead atoms. The first kappa shape index (κ1) is 15.5. The smallest absolute Gasteiger partial charge is 0.328 e. The molecule has 1 heterocycles. The van der Waals surface area contributed by atoms with Gasteiger partial charge in [-0.15, -0.1) is 11.3 Å². The first-order valence-electron chi connectivity index (χ1n) is 6.44. The van der Waals surface area contributed by atoms with Gasteiger partial charge in [0.1, 0.15) is 0 Å². The van der Waals surface area contributed by atoms with Crippen LogP contribution in [0.5, 0.6) is 0 Å². The number of carbonyl (C=O) groups excluding carboxylic acids is 2. The number of rotatable bonds is 7. The number of methoxy groups -OCH3 is 1. The summed E-state index contributed by atoms with van der Waals surface area (Å²) in [6.07, 6.45) is 1.81. The van der Waals surface area contributed by atoms with Crippen LogP contribution in [0.15, 0.2) is 12.1 Å². The Morgan fingerprint density at radius 3 is 2.71 bits per heavy atom. The number of nitrogens with one attached hydrogen (secondary N) is 2. The number of thiophene rings is 1. The molecule has 1 saturated carbocycles. The van der Waals surface area contributed by atoms with Crippen molar-refractivity contribution in [2.24, 2.45) is 5.92 Å². The zero-order valence-electron chi connectivity index (χ0n) is 11.4. The van der Waals surface area contributed by atoms with E-state index in [1.54, 1.807) is 12.1 Å². The molecule has 1 aromatic heterocycles. The molecular weight excluding hydrogens is 296 g/mol. The van der Waals surface area contributed by atoms with Gasteiger partial charge in [0.15, 0.2) is 6.04 Å². The summed E-state index contributed by atoms with van der Waals surface area (Å²) in [4.78, 5) is 34.8. The number of amides is 2. The summed E-state index contributed by atoms with van der Waals surface area (Å²) in [5.74, 6) is -1.62. The zero-order chi connectivity index (χ0) is 15.4. The summed E-state index contributed by atoms with van der Waals surface area (Å²) in [6, 6.07) is 2.08. The number of aliphatic carboxylic acids is 1. The van der Waals surface area contributed by atoms with Crippen LogP contribution in [-0.2, 0) is 14.3 Å². The van der Waals surface area contributed by atoms with E-state index in [1.807, 2.05) is 0 Å². The first-order valence-corrected chi connectivity index (χ1v) is 7.26. The highest BCUT2D eigenvalue weighted by molar-refractivity contribution is 7.18. The van der Waals surface area contributed by atoms with Crippen molar-refractivity contribution in [3.05, 3.63) is 17.0 Å². The maximum absolute atomic E-state index is 11.9. The van der Waals surface area contributed by atoms with Crippen LogP contribution in [0.2, 0.25) is 0 Å². The number of carboxylic acids is 1. The van der Waals surface area contributed by atoms with Crippen molar-refractivity contribution in [3.63, 3.8) is 0 Å². The zero-order valence-corrected chi connectivity index (χ0v) is 12.2. The highest BCUT2D eigenvalue weighted by Gasteiger charge is 2.30. The SMILES string of the molecule is COCC(NC(=O)c1ccc(NC(=O)C2CC2)s1)C(=O)O. The van der Waals surface area contributed by atoms with Crippen molar-refractivity contribution in [2.45, 2.75) is 18.9 Å². The van der Waals surface area contributed by atoms with Crippen molar-refractivity contribution in [1.82, 2.24) is 5.32 Å². The average Bonchev–Trinajstić information content (AvgIpc) is 3.18. The van der Waals surface area contributed by atoms with Gasteiger partial charge in [-0.2, -0.15) is 0 Å². The monoisotopic (exact) mass is 312 g/mol. The van der Waals surface area contributed by atoms with Gasteiger partial charge >= 0.3 is 5.97 Å². The third-order valence-electron chi connectivity index (χ3n) is 2.96. The molecule has 1 unspecified atom stereocenters. The molecule has 0 aromatic carbocycles. The second kappa shape index (κ2) is 6.68. The van der Waals surface area contributed by atoms with Crippen LogP contribution >= 0.6 is 11.3 Å². The molecule has 7 nitrogen and oxygen atoms in total. The number of hydrogen-bond donors (Lipinski definition) is 3. The summed E-state index contributed by atoms with van der Waals surface area (Å²) < 4.78 is 4.74. The molecule has 1 atom stereocenters. The molecule has 114 valence electrons. The molecule has 0 radical (unpaired) electrons. The lowest BCUT2D eigenvalue weighted by Crippen LogP contribution is -2.43. The number of carboxylic acid groups (broad SMARTS) is 1. The topological polar surface area (TPSA) is 105 Å². The Morgan fingerprint density at radius 2 is 2.14 bits per heavy atom. The first-order chi connectivity index (χ1) is 10.0. The second-order valence-electron chi connectivity index (χ2n) is 4.75. The van der Waals surface area contributed by atoms with E-state index in [9.17, 15) is 14.4 Å². The largest absolute Gasteiger partial charge is 0.480 e. The third-order valence-corrected chi connectivity index (χ3v) is 3.96. The summed E-state index contributed by atoms with van der Waals surface area (Å²) in [6.45, 7) is -0.113. The van der Waals surface area contributed by atoms with Gasteiger partial charge in [0.05, 0.1) is 16.5 Å². The Kier molecular flexibility index (Phi) is 4.92. The normalized spacial score (nSPS) is 15.3. The van der Waals surface area contributed by atoms with E-state index in [1.165, 1.54) is 7.11 Å². The van der Waals surface area contributed by atoms with Crippen LogP contribution in [0.25, 0.3) is 0 Å². The lowest BCUT2D eigenvalue weighted by atomic mass is 10.3. The van der Waals surface area contributed by atoms with Crippen molar-refractivity contribution < 1.29 is 24.2 Å². The lowest BCUT2D eigenvalue weighted by Gasteiger charge is -2.12.